The molecule has 1 unspecified atom stereocenters. The van der Waals surface area contributed by atoms with Crippen LogP contribution in [0.5, 0.6) is 0 Å². The lowest BCUT2D eigenvalue weighted by molar-refractivity contribution is -0.142. The molecule has 1 aliphatic rings. The van der Waals surface area contributed by atoms with Gasteiger partial charge in [0.25, 0.3) is 0 Å². The van der Waals surface area contributed by atoms with Crippen LogP contribution in [0.4, 0.5) is 0 Å². The standard InChI is InChI=1S/C16H18N2O2/c1-20-16(19)14(12-5-3-2-4-6-12)11-18-10-9-15(17-18)13-7-8-13/h2-6,9-10,13-14H,7-8,11H2,1H3. The third-order valence-electron chi connectivity index (χ3n) is 3.71. The minimum Gasteiger partial charge on any atom is -0.468 e. The molecular weight excluding hydrogens is 252 g/mol. The Bertz CT molecular complexity index is 588. The average molecular weight is 270 g/mol. The van der Waals surface area contributed by atoms with Crippen molar-refractivity contribution in [2.75, 3.05) is 7.11 Å². The fourth-order valence-electron chi connectivity index (χ4n) is 2.41. The molecule has 0 spiro atoms. The van der Waals surface area contributed by atoms with E-state index in [2.05, 4.69) is 11.2 Å². The van der Waals surface area contributed by atoms with Gasteiger partial charge in [0.1, 0.15) is 5.92 Å². The maximum Gasteiger partial charge on any atom is 0.315 e. The molecule has 1 heterocycles. The summed E-state index contributed by atoms with van der Waals surface area (Å²) < 4.78 is 6.77. The van der Waals surface area contributed by atoms with Gasteiger partial charge >= 0.3 is 5.97 Å². The van der Waals surface area contributed by atoms with E-state index in [1.54, 1.807) is 0 Å². The quantitative estimate of drug-likeness (QED) is 0.785. The number of carbonyl (C=O) groups is 1. The third-order valence-corrected chi connectivity index (χ3v) is 3.71. The fourth-order valence-corrected chi connectivity index (χ4v) is 2.41. The molecule has 104 valence electrons. The molecule has 0 radical (unpaired) electrons. The number of hydrogen-bond donors (Lipinski definition) is 0. The number of aromatic nitrogens is 2. The summed E-state index contributed by atoms with van der Waals surface area (Å²) in [6, 6.07) is 11.8. The molecule has 20 heavy (non-hydrogen) atoms. The molecule has 1 aliphatic carbocycles. The molecule has 4 heteroatoms. The Morgan fingerprint density at radius 2 is 2.10 bits per heavy atom. The monoisotopic (exact) mass is 270 g/mol. The Hall–Kier alpha value is -2.10. The number of nitrogens with zero attached hydrogens (tertiary/aromatic N) is 2. The summed E-state index contributed by atoms with van der Waals surface area (Å²) in [6.07, 6.45) is 4.42. The Morgan fingerprint density at radius 3 is 2.75 bits per heavy atom. The van der Waals surface area contributed by atoms with E-state index < -0.39 is 0 Å². The van der Waals surface area contributed by atoms with E-state index in [9.17, 15) is 4.79 Å². The van der Waals surface area contributed by atoms with E-state index in [1.807, 2.05) is 41.2 Å². The number of carbonyl (C=O) groups excluding carboxylic acids is 1. The van der Waals surface area contributed by atoms with Gasteiger partial charge in [0.15, 0.2) is 0 Å². The first kappa shape index (κ1) is 12.9. The third kappa shape index (κ3) is 2.74. The highest BCUT2D eigenvalue weighted by atomic mass is 16.5. The SMILES string of the molecule is COC(=O)C(Cn1ccc(C2CC2)n1)c1ccccc1. The van der Waals surface area contributed by atoms with Gasteiger partial charge in [0.05, 0.1) is 19.3 Å². The summed E-state index contributed by atoms with van der Waals surface area (Å²) in [6.45, 7) is 0.517. The van der Waals surface area contributed by atoms with Crippen LogP contribution in [0.2, 0.25) is 0 Å². The molecule has 4 nitrogen and oxygen atoms in total. The van der Waals surface area contributed by atoms with Crippen LogP contribution in [-0.4, -0.2) is 22.9 Å². The van der Waals surface area contributed by atoms with Gasteiger partial charge in [-0.3, -0.25) is 9.48 Å². The van der Waals surface area contributed by atoms with E-state index in [0.717, 1.165) is 11.3 Å². The summed E-state index contributed by atoms with van der Waals surface area (Å²) in [5, 5.41) is 4.56. The molecule has 0 N–H and O–H groups in total. The van der Waals surface area contributed by atoms with Crippen LogP contribution in [0.3, 0.4) is 0 Å². The zero-order valence-corrected chi connectivity index (χ0v) is 11.5. The van der Waals surface area contributed by atoms with E-state index in [1.165, 1.54) is 20.0 Å². The predicted octanol–water partition coefficient (Wildman–Crippen LogP) is 2.72. The van der Waals surface area contributed by atoms with E-state index >= 15 is 0 Å². The first-order chi connectivity index (χ1) is 9.78. The van der Waals surface area contributed by atoms with Crippen molar-refractivity contribution in [2.24, 2.45) is 0 Å². The molecule has 1 saturated carbocycles. The van der Waals surface area contributed by atoms with Crippen LogP contribution >= 0.6 is 0 Å². The van der Waals surface area contributed by atoms with Gasteiger partial charge in [-0.25, -0.2) is 0 Å². The maximum absolute atomic E-state index is 12.0. The largest absolute Gasteiger partial charge is 0.468 e. The first-order valence-electron chi connectivity index (χ1n) is 6.94. The van der Waals surface area contributed by atoms with Gasteiger partial charge < -0.3 is 4.74 Å². The number of rotatable bonds is 5. The maximum atomic E-state index is 12.0. The van der Waals surface area contributed by atoms with Gasteiger partial charge in [-0.05, 0) is 24.5 Å². The molecule has 1 aromatic carbocycles. The second kappa shape index (κ2) is 5.49. The van der Waals surface area contributed by atoms with Crippen molar-refractivity contribution < 1.29 is 9.53 Å². The van der Waals surface area contributed by atoms with Crippen molar-refractivity contribution in [3.8, 4) is 0 Å². The minimum absolute atomic E-state index is 0.223. The van der Waals surface area contributed by atoms with Crippen LogP contribution in [0, 0.1) is 0 Å². The Balaban J connectivity index is 1.80. The first-order valence-corrected chi connectivity index (χ1v) is 6.94. The zero-order chi connectivity index (χ0) is 13.9. The van der Waals surface area contributed by atoms with Crippen molar-refractivity contribution in [3.63, 3.8) is 0 Å². The highest BCUT2D eigenvalue weighted by molar-refractivity contribution is 5.77. The molecule has 1 atom stereocenters. The second-order valence-electron chi connectivity index (χ2n) is 5.22. The van der Waals surface area contributed by atoms with Crippen molar-refractivity contribution in [1.29, 1.82) is 0 Å². The molecule has 0 aliphatic heterocycles. The summed E-state index contributed by atoms with van der Waals surface area (Å²) >= 11 is 0. The number of esters is 1. The zero-order valence-electron chi connectivity index (χ0n) is 11.5. The lowest BCUT2D eigenvalue weighted by Gasteiger charge is -2.15. The molecule has 1 aromatic heterocycles. The second-order valence-corrected chi connectivity index (χ2v) is 5.22. The normalized spacial score (nSPS) is 15.8. The van der Waals surface area contributed by atoms with E-state index in [0.29, 0.717) is 12.5 Å². The molecule has 0 saturated heterocycles. The lowest BCUT2D eigenvalue weighted by Crippen LogP contribution is -2.20. The van der Waals surface area contributed by atoms with Crippen molar-refractivity contribution in [2.45, 2.75) is 31.2 Å². The van der Waals surface area contributed by atoms with Gasteiger partial charge in [-0.1, -0.05) is 30.3 Å². The molecule has 0 bridgehead atoms. The molecular formula is C16H18N2O2. The topological polar surface area (TPSA) is 44.1 Å². The smallest absolute Gasteiger partial charge is 0.315 e. The molecule has 3 rings (SSSR count). The Labute approximate surface area is 118 Å². The minimum atomic E-state index is -0.312. The molecule has 0 amide bonds. The summed E-state index contributed by atoms with van der Waals surface area (Å²) in [7, 11) is 1.43. The van der Waals surface area contributed by atoms with Gasteiger partial charge in [-0.15, -0.1) is 0 Å². The Morgan fingerprint density at radius 1 is 1.35 bits per heavy atom. The molecule has 2 aromatic rings. The van der Waals surface area contributed by atoms with Crippen LogP contribution in [0.1, 0.15) is 35.9 Å². The Kier molecular flexibility index (Phi) is 3.54. The van der Waals surface area contributed by atoms with Crippen LogP contribution in [-0.2, 0) is 16.1 Å². The van der Waals surface area contributed by atoms with E-state index in [4.69, 9.17) is 4.74 Å². The number of methoxy groups -OCH3 is 1. The predicted molar refractivity (Wildman–Crippen MR) is 75.4 cm³/mol. The van der Waals surface area contributed by atoms with Crippen LogP contribution < -0.4 is 0 Å². The fraction of sp³-hybridized carbons (Fsp3) is 0.375. The lowest BCUT2D eigenvalue weighted by atomic mass is 9.99. The van der Waals surface area contributed by atoms with Gasteiger partial charge in [0, 0.05) is 12.1 Å². The van der Waals surface area contributed by atoms with E-state index in [-0.39, 0.29) is 11.9 Å². The van der Waals surface area contributed by atoms with Crippen LogP contribution in [0.15, 0.2) is 42.6 Å². The number of hydrogen-bond acceptors (Lipinski definition) is 3. The average Bonchev–Trinajstić information content (AvgIpc) is 3.24. The summed E-state index contributed by atoms with van der Waals surface area (Å²) in [5.74, 6) is 0.0948. The van der Waals surface area contributed by atoms with Gasteiger partial charge in [-0.2, -0.15) is 5.10 Å². The van der Waals surface area contributed by atoms with Crippen LogP contribution in [0.25, 0.3) is 0 Å². The van der Waals surface area contributed by atoms with Crippen molar-refractivity contribution in [3.05, 3.63) is 53.9 Å². The van der Waals surface area contributed by atoms with Gasteiger partial charge in [0.2, 0.25) is 0 Å². The number of ether oxygens (including phenoxy) is 1. The van der Waals surface area contributed by atoms with Crippen molar-refractivity contribution >= 4 is 5.97 Å². The van der Waals surface area contributed by atoms with Crippen molar-refractivity contribution in [1.82, 2.24) is 9.78 Å². The number of benzene rings is 1. The molecule has 1 fully saturated rings. The summed E-state index contributed by atoms with van der Waals surface area (Å²) in [4.78, 5) is 12.0. The highest BCUT2D eigenvalue weighted by Gasteiger charge is 2.27. The highest BCUT2D eigenvalue weighted by Crippen LogP contribution is 2.38. The summed E-state index contributed by atoms with van der Waals surface area (Å²) in [5.41, 5.74) is 2.10.